The Kier molecular flexibility index (Phi) is 10.3. The molecule has 4 aromatic rings. The number of nitrogen functional groups attached to an aromatic ring is 1. The molecule has 5 rings (SSSR count). The van der Waals surface area contributed by atoms with Crippen LogP contribution in [0.5, 0.6) is 5.75 Å². The van der Waals surface area contributed by atoms with E-state index < -0.39 is 58.8 Å². The SMILES string of the molecule is Nc1c(S(=O)(=O)[O-])cc(Nc2ccc(OS(=O)(=O)c3cccc(C(=O)[O-])c3)cc2)c2c1C(=O)c1ccccc1C2=O.[Na+].[Na+]. The van der Waals surface area contributed by atoms with E-state index in [1.165, 1.54) is 48.5 Å². The molecule has 4 aromatic carbocycles. The molecule has 208 valence electrons. The standard InChI is InChI=1S/C27H18N2O10S2.2Na/c28-24-21(40(34,35)36)13-20(22-23(24)26(31)19-7-2-1-6-18(19)25(22)30)29-15-8-10-16(11-9-15)39-41(37,38)17-5-3-4-14(12-17)27(32)33;;/h1-13,29H,28H2,(H,32,33)(H,34,35,36);;/q;2*+1/p-2. The first-order valence-electron chi connectivity index (χ1n) is 11.5. The maximum atomic E-state index is 13.4. The van der Waals surface area contributed by atoms with E-state index in [1.807, 2.05) is 0 Å². The first-order chi connectivity index (χ1) is 19.3. The quantitative estimate of drug-likeness (QED) is 0.0752. The molecule has 0 bridgehead atoms. The summed E-state index contributed by atoms with van der Waals surface area (Å²) < 4.78 is 66.2. The predicted molar refractivity (Wildman–Crippen MR) is 140 cm³/mol. The van der Waals surface area contributed by atoms with Gasteiger partial charge in [0, 0.05) is 16.8 Å². The number of ketones is 2. The van der Waals surface area contributed by atoms with Crippen molar-refractivity contribution in [1.29, 1.82) is 0 Å². The molecule has 12 nitrogen and oxygen atoms in total. The number of hydrogen-bond acceptors (Lipinski definition) is 12. The summed E-state index contributed by atoms with van der Waals surface area (Å²) in [4.78, 5) is 36.4. The van der Waals surface area contributed by atoms with Gasteiger partial charge < -0.3 is 29.7 Å². The monoisotopic (exact) mass is 638 g/mol. The third-order valence-corrected chi connectivity index (χ3v) is 8.29. The molecule has 1 aliphatic carbocycles. The van der Waals surface area contributed by atoms with Crippen LogP contribution >= 0.6 is 0 Å². The van der Waals surface area contributed by atoms with Crippen LogP contribution in [0.4, 0.5) is 17.1 Å². The van der Waals surface area contributed by atoms with Crippen LogP contribution in [0.2, 0.25) is 0 Å². The number of carboxylic acid groups (broad SMARTS) is 1. The molecule has 1 aliphatic rings. The summed E-state index contributed by atoms with van der Waals surface area (Å²) in [7, 11) is -9.60. The van der Waals surface area contributed by atoms with Crippen molar-refractivity contribution in [2.45, 2.75) is 9.79 Å². The van der Waals surface area contributed by atoms with Gasteiger partial charge in [-0.2, -0.15) is 8.42 Å². The summed E-state index contributed by atoms with van der Waals surface area (Å²) in [5, 5.41) is 13.8. The van der Waals surface area contributed by atoms with Crippen LogP contribution in [0.25, 0.3) is 0 Å². The maximum Gasteiger partial charge on any atom is 1.00 e. The molecule has 16 heteroatoms. The Labute approximate surface area is 289 Å². The number of nitrogens with two attached hydrogens (primary N) is 1. The third-order valence-electron chi connectivity index (χ3n) is 6.17. The van der Waals surface area contributed by atoms with E-state index in [9.17, 15) is 40.9 Å². The summed E-state index contributed by atoms with van der Waals surface area (Å²) in [5.74, 6) is -3.11. The third kappa shape index (κ3) is 6.72. The number of benzene rings is 4. The minimum absolute atomic E-state index is 0. The molecule has 0 atom stereocenters. The Morgan fingerprint density at radius 3 is 1.93 bits per heavy atom. The molecule has 0 saturated heterocycles. The Morgan fingerprint density at radius 1 is 0.791 bits per heavy atom. The summed E-state index contributed by atoms with van der Waals surface area (Å²) in [6.45, 7) is 0. The van der Waals surface area contributed by atoms with Gasteiger partial charge >= 0.3 is 69.2 Å². The van der Waals surface area contributed by atoms with Crippen molar-refractivity contribution >= 4 is 54.8 Å². The van der Waals surface area contributed by atoms with Crippen molar-refractivity contribution in [1.82, 2.24) is 0 Å². The van der Waals surface area contributed by atoms with Crippen LogP contribution in [-0.2, 0) is 20.2 Å². The second-order valence-corrected chi connectivity index (χ2v) is 11.6. The summed E-state index contributed by atoms with van der Waals surface area (Å²) >= 11 is 0. The van der Waals surface area contributed by atoms with Gasteiger partial charge in [0.1, 0.15) is 20.8 Å². The molecule has 43 heavy (non-hydrogen) atoms. The van der Waals surface area contributed by atoms with Crippen molar-refractivity contribution in [2.75, 3.05) is 11.1 Å². The Hall–Kier alpha value is -3.05. The molecule has 0 heterocycles. The number of carboxylic acids is 1. The smallest absolute Gasteiger partial charge is 0.744 e. The Bertz CT molecular complexity index is 2010. The van der Waals surface area contributed by atoms with Gasteiger partial charge in [-0.3, -0.25) is 9.59 Å². The van der Waals surface area contributed by atoms with Gasteiger partial charge in [0.05, 0.1) is 33.4 Å². The average Bonchev–Trinajstić information content (AvgIpc) is 2.92. The van der Waals surface area contributed by atoms with Gasteiger partial charge in [-0.1, -0.05) is 36.4 Å². The van der Waals surface area contributed by atoms with Crippen LogP contribution in [0.3, 0.4) is 0 Å². The molecule has 0 aliphatic heterocycles. The van der Waals surface area contributed by atoms with Gasteiger partial charge in [0.25, 0.3) is 0 Å². The molecular formula is C27H16N2Na2O10S2. The van der Waals surface area contributed by atoms with Gasteiger partial charge in [0.2, 0.25) is 0 Å². The Balaban J connectivity index is 0.00000253. The van der Waals surface area contributed by atoms with E-state index in [2.05, 4.69) is 5.32 Å². The minimum atomic E-state index is -5.17. The van der Waals surface area contributed by atoms with Crippen LogP contribution in [0, 0.1) is 0 Å². The molecular weight excluding hydrogens is 622 g/mol. The van der Waals surface area contributed by atoms with Gasteiger partial charge in [-0.15, -0.1) is 0 Å². The zero-order chi connectivity index (χ0) is 29.7. The first kappa shape index (κ1) is 34.4. The summed E-state index contributed by atoms with van der Waals surface area (Å²) in [6, 6.07) is 16.2. The van der Waals surface area contributed by atoms with Gasteiger partial charge in [0.15, 0.2) is 11.6 Å². The summed E-state index contributed by atoms with van der Waals surface area (Å²) in [6.07, 6.45) is 0. The molecule has 0 radical (unpaired) electrons. The molecule has 0 unspecified atom stereocenters. The van der Waals surface area contributed by atoms with Crippen molar-refractivity contribution in [3.05, 3.63) is 107 Å². The predicted octanol–water partition coefficient (Wildman–Crippen LogP) is -4.17. The van der Waals surface area contributed by atoms with Crippen molar-refractivity contribution in [3.63, 3.8) is 0 Å². The first-order valence-corrected chi connectivity index (χ1v) is 14.3. The molecule has 0 spiro atoms. The number of hydrogen-bond donors (Lipinski definition) is 2. The number of aromatic carboxylic acids is 1. The minimum Gasteiger partial charge on any atom is -0.744 e. The molecule has 0 aromatic heterocycles. The van der Waals surface area contributed by atoms with Crippen LogP contribution in [0.1, 0.15) is 42.2 Å². The zero-order valence-corrected chi connectivity index (χ0v) is 28.1. The van der Waals surface area contributed by atoms with E-state index in [-0.39, 0.29) is 98.5 Å². The number of rotatable bonds is 7. The normalized spacial score (nSPS) is 12.2. The van der Waals surface area contributed by atoms with Crippen LogP contribution in [-0.4, -0.2) is 38.9 Å². The second kappa shape index (κ2) is 12.9. The van der Waals surface area contributed by atoms with Crippen LogP contribution < -0.4 is 79.5 Å². The number of fused-ring (bicyclic) bond motifs is 2. The fraction of sp³-hybridized carbons (Fsp3) is 0. The summed E-state index contributed by atoms with van der Waals surface area (Å²) in [5.41, 5.74) is 4.28. The van der Waals surface area contributed by atoms with E-state index in [0.29, 0.717) is 0 Å². The Morgan fingerprint density at radius 2 is 1.37 bits per heavy atom. The maximum absolute atomic E-state index is 13.4. The molecule has 0 saturated carbocycles. The van der Waals surface area contributed by atoms with Crippen molar-refractivity contribution in [2.24, 2.45) is 0 Å². The number of carbonyl (C=O) groups is 3. The number of carbonyl (C=O) groups excluding carboxylic acids is 3. The fourth-order valence-corrected chi connectivity index (χ4v) is 5.91. The largest absolute Gasteiger partial charge is 1.00 e. The topological polar surface area (TPSA) is 213 Å². The second-order valence-electron chi connectivity index (χ2n) is 8.75. The van der Waals surface area contributed by atoms with E-state index in [4.69, 9.17) is 9.92 Å². The van der Waals surface area contributed by atoms with Gasteiger partial charge in [-0.25, -0.2) is 8.42 Å². The van der Waals surface area contributed by atoms with E-state index >= 15 is 0 Å². The van der Waals surface area contributed by atoms with Crippen LogP contribution in [0.15, 0.2) is 88.7 Å². The molecule has 0 amide bonds. The van der Waals surface area contributed by atoms with E-state index in [0.717, 1.165) is 24.3 Å². The van der Waals surface area contributed by atoms with Crippen molar-refractivity contribution in [3.8, 4) is 5.75 Å². The van der Waals surface area contributed by atoms with E-state index in [1.54, 1.807) is 6.07 Å². The zero-order valence-electron chi connectivity index (χ0n) is 22.5. The molecule has 3 N–H and O–H groups in total. The molecule has 0 fully saturated rings. The fourth-order valence-electron chi connectivity index (χ4n) is 4.30. The number of anilines is 3. The average molecular weight is 639 g/mol. The number of nitrogens with one attached hydrogen (secondary N) is 1. The van der Waals surface area contributed by atoms with Crippen molar-refractivity contribution < 1.29 is 104 Å². The van der Waals surface area contributed by atoms with Gasteiger partial charge in [-0.05, 0) is 48.0 Å².